The number of hydrogen-bond donors (Lipinski definition) is 1. The molecule has 3 aromatic rings. The molecule has 27 heavy (non-hydrogen) atoms. The number of ether oxygens (including phenoxy) is 2. The van der Waals surface area contributed by atoms with Crippen molar-refractivity contribution in [1.82, 2.24) is 9.88 Å². The van der Waals surface area contributed by atoms with E-state index in [0.29, 0.717) is 30.9 Å². The van der Waals surface area contributed by atoms with Gasteiger partial charge in [0, 0.05) is 29.6 Å². The highest BCUT2D eigenvalue weighted by Crippen LogP contribution is 2.29. The summed E-state index contributed by atoms with van der Waals surface area (Å²) >= 11 is 0. The zero-order valence-corrected chi connectivity index (χ0v) is 15.7. The van der Waals surface area contributed by atoms with E-state index in [2.05, 4.69) is 23.2 Å². The number of H-pyrrole nitrogens is 1. The number of carbonyl (C=O) groups excluding carboxylic acids is 1. The van der Waals surface area contributed by atoms with Crippen molar-refractivity contribution >= 4 is 16.8 Å². The number of aromatic amines is 1. The van der Waals surface area contributed by atoms with E-state index in [0.717, 1.165) is 24.0 Å². The molecule has 5 heteroatoms. The Morgan fingerprint density at radius 2 is 1.93 bits per heavy atom. The number of aromatic nitrogens is 1. The molecule has 0 unspecified atom stereocenters. The number of methoxy groups -OCH3 is 2. The van der Waals surface area contributed by atoms with Crippen molar-refractivity contribution in [3.05, 3.63) is 59.3 Å². The van der Waals surface area contributed by atoms with Crippen molar-refractivity contribution in [2.75, 3.05) is 20.8 Å². The van der Waals surface area contributed by atoms with Gasteiger partial charge in [0.2, 0.25) is 5.91 Å². The summed E-state index contributed by atoms with van der Waals surface area (Å²) in [6.45, 7) is 1.44. The molecule has 4 rings (SSSR count). The number of nitrogens with one attached hydrogen (secondary N) is 1. The number of aryl methyl sites for hydroxylation is 1. The number of carbonyl (C=O) groups is 1. The highest BCUT2D eigenvalue weighted by molar-refractivity contribution is 5.85. The highest BCUT2D eigenvalue weighted by atomic mass is 16.5. The smallest absolute Gasteiger partial charge is 0.223 e. The monoisotopic (exact) mass is 364 g/mol. The Bertz CT molecular complexity index is 977. The Kier molecular flexibility index (Phi) is 4.75. The van der Waals surface area contributed by atoms with Gasteiger partial charge < -0.3 is 19.4 Å². The molecular weight excluding hydrogens is 340 g/mol. The number of hydrogen-bond acceptors (Lipinski definition) is 3. The first-order valence-corrected chi connectivity index (χ1v) is 9.26. The summed E-state index contributed by atoms with van der Waals surface area (Å²) in [6.07, 6.45) is 2.09. The zero-order valence-electron chi connectivity index (χ0n) is 15.7. The third kappa shape index (κ3) is 3.37. The van der Waals surface area contributed by atoms with Crippen LogP contribution in [-0.2, 0) is 24.2 Å². The van der Waals surface area contributed by atoms with Gasteiger partial charge in [-0.25, -0.2) is 0 Å². The number of nitrogens with zero attached hydrogens (tertiary/aromatic N) is 1. The van der Waals surface area contributed by atoms with E-state index < -0.39 is 0 Å². The van der Waals surface area contributed by atoms with Crippen LogP contribution >= 0.6 is 0 Å². The molecule has 0 aliphatic carbocycles. The van der Waals surface area contributed by atoms with Crippen LogP contribution in [0.1, 0.15) is 23.2 Å². The zero-order chi connectivity index (χ0) is 18.8. The quantitative estimate of drug-likeness (QED) is 0.751. The summed E-state index contributed by atoms with van der Waals surface area (Å²) in [5.74, 6) is 1.59. The molecule has 0 spiro atoms. The van der Waals surface area contributed by atoms with Crippen molar-refractivity contribution in [2.24, 2.45) is 0 Å². The SMILES string of the molecule is COc1ccc(CCC(=O)N2CCc3c([nH]c4ccccc34)C2)cc1OC. The van der Waals surface area contributed by atoms with E-state index in [1.54, 1.807) is 14.2 Å². The van der Waals surface area contributed by atoms with Gasteiger partial charge >= 0.3 is 0 Å². The van der Waals surface area contributed by atoms with E-state index in [1.165, 1.54) is 16.6 Å². The molecular formula is C22H24N2O3. The molecule has 0 saturated heterocycles. The van der Waals surface area contributed by atoms with Crippen LogP contribution in [0.2, 0.25) is 0 Å². The van der Waals surface area contributed by atoms with Gasteiger partial charge in [-0.05, 0) is 42.2 Å². The second-order valence-electron chi connectivity index (χ2n) is 6.88. The average molecular weight is 364 g/mol. The fourth-order valence-electron chi connectivity index (χ4n) is 3.85. The molecule has 1 aliphatic heterocycles. The number of para-hydroxylation sites is 1. The molecule has 1 N–H and O–H groups in total. The molecule has 0 atom stereocenters. The fraction of sp³-hybridized carbons (Fsp3) is 0.318. The molecule has 0 saturated carbocycles. The van der Waals surface area contributed by atoms with Crippen molar-refractivity contribution in [1.29, 1.82) is 0 Å². The topological polar surface area (TPSA) is 54.6 Å². The lowest BCUT2D eigenvalue weighted by Crippen LogP contribution is -2.36. The third-order valence-electron chi connectivity index (χ3n) is 5.31. The number of rotatable bonds is 5. The van der Waals surface area contributed by atoms with Gasteiger partial charge in [0.1, 0.15) is 0 Å². The predicted molar refractivity (Wildman–Crippen MR) is 105 cm³/mol. The molecule has 0 radical (unpaired) electrons. The molecule has 1 amide bonds. The lowest BCUT2D eigenvalue weighted by molar-refractivity contribution is -0.132. The molecule has 140 valence electrons. The summed E-state index contributed by atoms with van der Waals surface area (Å²) in [7, 11) is 3.24. The number of fused-ring (bicyclic) bond motifs is 3. The summed E-state index contributed by atoms with van der Waals surface area (Å²) in [5, 5.41) is 1.28. The molecule has 2 heterocycles. The van der Waals surface area contributed by atoms with Crippen LogP contribution < -0.4 is 9.47 Å². The van der Waals surface area contributed by atoms with Crippen molar-refractivity contribution in [3.63, 3.8) is 0 Å². The largest absolute Gasteiger partial charge is 0.493 e. The minimum Gasteiger partial charge on any atom is -0.493 e. The molecule has 0 fully saturated rings. The number of benzene rings is 2. The summed E-state index contributed by atoms with van der Waals surface area (Å²) < 4.78 is 10.6. The second-order valence-corrected chi connectivity index (χ2v) is 6.88. The van der Waals surface area contributed by atoms with Gasteiger partial charge in [0.05, 0.1) is 20.8 Å². The molecule has 5 nitrogen and oxygen atoms in total. The first kappa shape index (κ1) is 17.5. The van der Waals surface area contributed by atoms with Crippen LogP contribution in [0.25, 0.3) is 10.9 Å². The standard InChI is InChI=1S/C22H24N2O3/c1-26-20-9-7-15(13-21(20)27-2)8-10-22(25)24-12-11-17-16-5-3-4-6-18(16)23-19(17)14-24/h3-7,9,13,23H,8,10-12,14H2,1-2H3. The van der Waals surface area contributed by atoms with Crippen LogP contribution in [0.4, 0.5) is 0 Å². The molecule has 1 aliphatic rings. The predicted octanol–water partition coefficient (Wildman–Crippen LogP) is 3.70. The van der Waals surface area contributed by atoms with Gasteiger partial charge in [-0.2, -0.15) is 0 Å². The molecule has 2 aromatic carbocycles. The van der Waals surface area contributed by atoms with Gasteiger partial charge in [-0.15, -0.1) is 0 Å². The van der Waals surface area contributed by atoms with Crippen LogP contribution in [0.15, 0.2) is 42.5 Å². The summed E-state index contributed by atoms with van der Waals surface area (Å²) in [6, 6.07) is 14.2. The average Bonchev–Trinajstić information content (AvgIpc) is 3.09. The van der Waals surface area contributed by atoms with Crippen LogP contribution in [0.5, 0.6) is 11.5 Å². The van der Waals surface area contributed by atoms with E-state index in [-0.39, 0.29) is 5.91 Å². The number of amides is 1. The Labute approximate surface area is 158 Å². The first-order chi connectivity index (χ1) is 13.2. The fourth-order valence-corrected chi connectivity index (χ4v) is 3.85. The van der Waals surface area contributed by atoms with E-state index in [1.807, 2.05) is 29.2 Å². The lowest BCUT2D eigenvalue weighted by atomic mass is 10.0. The van der Waals surface area contributed by atoms with E-state index in [9.17, 15) is 4.79 Å². The van der Waals surface area contributed by atoms with Crippen LogP contribution in [0.3, 0.4) is 0 Å². The Morgan fingerprint density at radius 3 is 2.74 bits per heavy atom. The van der Waals surface area contributed by atoms with Crippen molar-refractivity contribution in [2.45, 2.75) is 25.8 Å². The maximum atomic E-state index is 12.7. The molecule has 1 aromatic heterocycles. The van der Waals surface area contributed by atoms with Gasteiger partial charge in [0.15, 0.2) is 11.5 Å². The van der Waals surface area contributed by atoms with Gasteiger partial charge in [0.25, 0.3) is 0 Å². The first-order valence-electron chi connectivity index (χ1n) is 9.26. The van der Waals surface area contributed by atoms with Crippen LogP contribution in [0, 0.1) is 0 Å². The van der Waals surface area contributed by atoms with E-state index in [4.69, 9.17) is 9.47 Å². The van der Waals surface area contributed by atoms with E-state index >= 15 is 0 Å². The van der Waals surface area contributed by atoms with Crippen molar-refractivity contribution < 1.29 is 14.3 Å². The summed E-state index contributed by atoms with van der Waals surface area (Å²) in [4.78, 5) is 18.2. The second kappa shape index (κ2) is 7.35. The highest BCUT2D eigenvalue weighted by Gasteiger charge is 2.23. The van der Waals surface area contributed by atoms with Gasteiger partial charge in [-0.1, -0.05) is 24.3 Å². The summed E-state index contributed by atoms with van der Waals surface area (Å²) in [5.41, 5.74) is 4.75. The Balaban J connectivity index is 1.42. The normalized spacial score (nSPS) is 13.5. The maximum Gasteiger partial charge on any atom is 0.223 e. The molecule has 0 bridgehead atoms. The van der Waals surface area contributed by atoms with Gasteiger partial charge in [-0.3, -0.25) is 4.79 Å². The lowest BCUT2D eigenvalue weighted by Gasteiger charge is -2.27. The minimum absolute atomic E-state index is 0.189. The minimum atomic E-state index is 0.189. The Morgan fingerprint density at radius 1 is 1.11 bits per heavy atom. The van der Waals surface area contributed by atoms with Crippen LogP contribution in [-0.4, -0.2) is 36.6 Å². The third-order valence-corrected chi connectivity index (χ3v) is 5.31. The van der Waals surface area contributed by atoms with Crippen molar-refractivity contribution in [3.8, 4) is 11.5 Å². The maximum absolute atomic E-state index is 12.7. The Hall–Kier alpha value is -2.95.